The molecule has 0 aliphatic carbocycles. The van der Waals surface area contributed by atoms with Crippen LogP contribution in [0.3, 0.4) is 0 Å². The van der Waals surface area contributed by atoms with Crippen LogP contribution in [0.4, 0.5) is 11.4 Å². The highest BCUT2D eigenvalue weighted by atomic mass is 35.5. The highest BCUT2D eigenvalue weighted by Crippen LogP contribution is 2.20. The van der Waals surface area contributed by atoms with Crippen molar-refractivity contribution in [1.82, 2.24) is 4.90 Å². The maximum Gasteiger partial charge on any atom is 0.138 e. The number of benzene rings is 3. The van der Waals surface area contributed by atoms with E-state index in [0.717, 1.165) is 41.7 Å². The molecule has 4 nitrogen and oxygen atoms in total. The van der Waals surface area contributed by atoms with E-state index >= 15 is 0 Å². The second kappa shape index (κ2) is 13.0. The molecule has 0 bridgehead atoms. The van der Waals surface area contributed by atoms with Gasteiger partial charge < -0.3 is 10.1 Å². The molecule has 0 amide bonds. The summed E-state index contributed by atoms with van der Waals surface area (Å²) >= 11 is 0. The molecule has 4 rings (SSSR count). The van der Waals surface area contributed by atoms with E-state index in [1.807, 2.05) is 72.8 Å². The van der Waals surface area contributed by atoms with Gasteiger partial charge in [0.1, 0.15) is 18.2 Å². The van der Waals surface area contributed by atoms with Gasteiger partial charge in [-0.3, -0.25) is 4.90 Å². The summed E-state index contributed by atoms with van der Waals surface area (Å²) in [4.78, 5) is 7.31. The number of likely N-dealkylation sites (tertiary alicyclic amines) is 1. The van der Waals surface area contributed by atoms with Crippen LogP contribution >= 0.6 is 24.8 Å². The molecule has 0 atom stereocenters. The predicted molar refractivity (Wildman–Crippen MR) is 135 cm³/mol. The molecule has 164 valence electrons. The van der Waals surface area contributed by atoms with Gasteiger partial charge in [0, 0.05) is 17.8 Å². The van der Waals surface area contributed by atoms with Crippen LogP contribution in [0.15, 0.2) is 89.9 Å². The maximum atomic E-state index is 5.90. The fraction of sp³-hybridized carbons (Fsp3) is 0.240. The number of amidine groups is 1. The zero-order chi connectivity index (χ0) is 19.7. The molecule has 1 fully saturated rings. The van der Waals surface area contributed by atoms with Gasteiger partial charge in [-0.15, -0.1) is 24.8 Å². The van der Waals surface area contributed by atoms with Gasteiger partial charge >= 0.3 is 0 Å². The summed E-state index contributed by atoms with van der Waals surface area (Å²) in [6.45, 7) is 4.13. The second-order valence-electron chi connectivity index (χ2n) is 7.21. The van der Waals surface area contributed by atoms with Crippen molar-refractivity contribution in [2.75, 3.05) is 31.6 Å². The van der Waals surface area contributed by atoms with Gasteiger partial charge in [-0.1, -0.05) is 48.5 Å². The zero-order valence-corrected chi connectivity index (χ0v) is 19.1. The van der Waals surface area contributed by atoms with Crippen LogP contribution < -0.4 is 10.1 Å². The van der Waals surface area contributed by atoms with E-state index < -0.39 is 0 Å². The number of ether oxygens (including phenoxy) is 1. The number of anilines is 1. The first-order valence-electron chi connectivity index (χ1n) is 10.3. The van der Waals surface area contributed by atoms with Gasteiger partial charge in [-0.05, 0) is 62.3 Å². The number of hydrogen-bond donors (Lipinski definition) is 1. The van der Waals surface area contributed by atoms with Crippen molar-refractivity contribution in [3.8, 4) is 5.75 Å². The number of rotatable bonds is 7. The molecule has 31 heavy (non-hydrogen) atoms. The summed E-state index contributed by atoms with van der Waals surface area (Å²) in [5.41, 5.74) is 2.94. The predicted octanol–water partition coefficient (Wildman–Crippen LogP) is 6.20. The fourth-order valence-corrected chi connectivity index (χ4v) is 3.46. The van der Waals surface area contributed by atoms with Crippen LogP contribution in [-0.4, -0.2) is 37.0 Å². The van der Waals surface area contributed by atoms with Gasteiger partial charge in [-0.2, -0.15) is 0 Å². The van der Waals surface area contributed by atoms with E-state index in [-0.39, 0.29) is 24.8 Å². The minimum absolute atomic E-state index is 0. The van der Waals surface area contributed by atoms with E-state index in [9.17, 15) is 0 Å². The average molecular weight is 458 g/mol. The molecule has 1 N–H and O–H groups in total. The molecule has 3 aromatic carbocycles. The smallest absolute Gasteiger partial charge is 0.138 e. The van der Waals surface area contributed by atoms with Gasteiger partial charge in [0.05, 0.1) is 5.69 Å². The first-order chi connectivity index (χ1) is 14.4. The molecule has 0 unspecified atom stereocenters. The molecule has 1 aliphatic heterocycles. The quantitative estimate of drug-likeness (QED) is 0.339. The van der Waals surface area contributed by atoms with E-state index in [1.54, 1.807) is 0 Å². The lowest BCUT2D eigenvalue weighted by atomic mass is 10.2. The molecule has 6 heteroatoms. The normalized spacial score (nSPS) is 13.7. The number of para-hydroxylation sites is 1. The van der Waals surface area contributed by atoms with E-state index in [2.05, 4.69) is 22.3 Å². The van der Waals surface area contributed by atoms with Gasteiger partial charge in [0.25, 0.3) is 0 Å². The van der Waals surface area contributed by atoms with Crippen molar-refractivity contribution >= 4 is 42.0 Å². The molecule has 1 saturated heterocycles. The average Bonchev–Trinajstić information content (AvgIpc) is 3.29. The first kappa shape index (κ1) is 24.7. The molecule has 1 heterocycles. The molecule has 0 aromatic heterocycles. The van der Waals surface area contributed by atoms with Crippen molar-refractivity contribution in [3.63, 3.8) is 0 Å². The Morgan fingerprint density at radius 3 is 2.06 bits per heavy atom. The second-order valence-corrected chi connectivity index (χ2v) is 7.21. The van der Waals surface area contributed by atoms with Crippen molar-refractivity contribution in [3.05, 3.63) is 90.5 Å². The molecule has 3 aromatic rings. The van der Waals surface area contributed by atoms with Gasteiger partial charge in [-0.25, -0.2) is 4.99 Å². The molecule has 0 radical (unpaired) electrons. The summed E-state index contributed by atoms with van der Waals surface area (Å²) < 4.78 is 5.90. The van der Waals surface area contributed by atoms with Gasteiger partial charge in [0.15, 0.2) is 0 Å². The van der Waals surface area contributed by atoms with Crippen molar-refractivity contribution in [1.29, 1.82) is 0 Å². The first-order valence-corrected chi connectivity index (χ1v) is 10.3. The van der Waals surface area contributed by atoms with Crippen LogP contribution in [0.5, 0.6) is 5.75 Å². The number of aliphatic imine (C=N–C) groups is 1. The monoisotopic (exact) mass is 457 g/mol. The Labute approximate surface area is 197 Å². The Morgan fingerprint density at radius 1 is 0.806 bits per heavy atom. The third-order valence-corrected chi connectivity index (χ3v) is 5.04. The van der Waals surface area contributed by atoms with Crippen LogP contribution in [0.2, 0.25) is 0 Å². The minimum Gasteiger partial charge on any atom is -0.492 e. The Kier molecular flexibility index (Phi) is 10.4. The Bertz CT molecular complexity index is 913. The topological polar surface area (TPSA) is 36.9 Å². The van der Waals surface area contributed by atoms with Crippen molar-refractivity contribution < 1.29 is 4.74 Å². The van der Waals surface area contributed by atoms with Crippen LogP contribution in [0, 0.1) is 0 Å². The molecule has 0 spiro atoms. The van der Waals surface area contributed by atoms with Gasteiger partial charge in [0.2, 0.25) is 0 Å². The summed E-state index contributed by atoms with van der Waals surface area (Å²) in [7, 11) is 0. The summed E-state index contributed by atoms with van der Waals surface area (Å²) in [6, 6.07) is 28.3. The summed E-state index contributed by atoms with van der Waals surface area (Å²) in [5, 5.41) is 3.44. The highest BCUT2D eigenvalue weighted by molar-refractivity contribution is 6.09. The molecule has 1 aliphatic rings. The zero-order valence-electron chi connectivity index (χ0n) is 17.4. The third kappa shape index (κ3) is 7.59. The minimum atomic E-state index is 0. The Morgan fingerprint density at radius 2 is 1.42 bits per heavy atom. The number of nitrogens with one attached hydrogen (secondary N) is 1. The highest BCUT2D eigenvalue weighted by Gasteiger charge is 2.10. The number of halogens is 2. The van der Waals surface area contributed by atoms with Crippen molar-refractivity contribution in [2.24, 2.45) is 4.99 Å². The Hall–Kier alpha value is -2.53. The standard InChI is InChI=1S/C25H27N3O.2ClH/c1-3-9-21(10-4-1)25(26-22-11-5-2-6-12-22)27-23-13-15-24(16-14-23)29-20-19-28-17-7-8-18-28;;/h1-6,9-16H,7-8,17-20H2,(H,26,27);2*1H. The van der Waals surface area contributed by atoms with E-state index in [0.29, 0.717) is 0 Å². The lowest BCUT2D eigenvalue weighted by Crippen LogP contribution is -2.25. The molecular formula is C25H29Cl2N3O. The van der Waals surface area contributed by atoms with E-state index in [1.165, 1.54) is 25.9 Å². The lowest BCUT2D eigenvalue weighted by molar-refractivity contribution is 0.238. The van der Waals surface area contributed by atoms with Crippen LogP contribution in [-0.2, 0) is 0 Å². The largest absolute Gasteiger partial charge is 0.492 e. The molecular weight excluding hydrogens is 429 g/mol. The number of nitrogens with zero attached hydrogens (tertiary/aromatic N) is 2. The van der Waals surface area contributed by atoms with Crippen LogP contribution in [0.1, 0.15) is 18.4 Å². The molecule has 0 saturated carbocycles. The van der Waals surface area contributed by atoms with Crippen LogP contribution in [0.25, 0.3) is 0 Å². The number of hydrogen-bond acceptors (Lipinski definition) is 3. The fourth-order valence-electron chi connectivity index (χ4n) is 3.46. The van der Waals surface area contributed by atoms with E-state index in [4.69, 9.17) is 9.73 Å². The lowest BCUT2D eigenvalue weighted by Gasteiger charge is -2.15. The maximum absolute atomic E-state index is 5.90. The SMILES string of the molecule is Cl.Cl.c1ccc(NC(=Nc2ccc(OCCN3CCCC3)cc2)c2ccccc2)cc1. The Balaban J connectivity index is 0.00000171. The van der Waals surface area contributed by atoms with Crippen molar-refractivity contribution in [2.45, 2.75) is 12.8 Å². The third-order valence-electron chi connectivity index (χ3n) is 5.04. The summed E-state index contributed by atoms with van der Waals surface area (Å²) in [5.74, 6) is 1.71. The summed E-state index contributed by atoms with van der Waals surface area (Å²) in [6.07, 6.45) is 2.63.